The van der Waals surface area contributed by atoms with E-state index in [1.807, 2.05) is 0 Å². The first-order chi connectivity index (χ1) is 13.6. The highest BCUT2D eigenvalue weighted by Gasteiger charge is 2.22. The summed E-state index contributed by atoms with van der Waals surface area (Å²) in [6.45, 7) is 3.86. The van der Waals surface area contributed by atoms with Crippen LogP contribution in [0.25, 0.3) is 11.0 Å². The fourth-order valence-corrected chi connectivity index (χ4v) is 3.12. The number of carbonyl (C=O) groups excluding carboxylic acids is 1. The van der Waals surface area contributed by atoms with Gasteiger partial charge < -0.3 is 18.6 Å². The minimum absolute atomic E-state index is 0.196. The van der Waals surface area contributed by atoms with Crippen molar-refractivity contribution < 1.29 is 23.4 Å². The third-order valence-electron chi connectivity index (χ3n) is 4.52. The first-order valence-corrected chi connectivity index (χ1v) is 10.0. The van der Waals surface area contributed by atoms with E-state index in [-0.39, 0.29) is 11.5 Å². The molecule has 0 amide bonds. The molecule has 6 nitrogen and oxygen atoms in total. The van der Waals surface area contributed by atoms with Gasteiger partial charge in [0, 0.05) is 6.92 Å². The topological polar surface area (TPSA) is 75.0 Å². The van der Waals surface area contributed by atoms with Crippen LogP contribution >= 0.6 is 0 Å². The standard InChI is InChI=1S/C22H30O6/c1-4-5-6-7-8-9-10-11-15-26-20-19-17(25-3)13-12-14-18(19)28-22(24)21(20)27-16(2)23/h12-14H,4-11,15H2,1-3H3. The Morgan fingerprint density at radius 2 is 1.68 bits per heavy atom. The maximum Gasteiger partial charge on any atom is 0.383 e. The van der Waals surface area contributed by atoms with Crippen molar-refractivity contribution in [2.75, 3.05) is 13.7 Å². The van der Waals surface area contributed by atoms with Crippen molar-refractivity contribution in [2.45, 2.75) is 65.2 Å². The Kier molecular flexibility index (Phi) is 8.85. The van der Waals surface area contributed by atoms with Crippen LogP contribution in [0.2, 0.25) is 0 Å². The molecule has 2 rings (SSSR count). The van der Waals surface area contributed by atoms with Gasteiger partial charge in [0.15, 0.2) is 5.75 Å². The van der Waals surface area contributed by atoms with Gasteiger partial charge in [-0.25, -0.2) is 4.79 Å². The van der Waals surface area contributed by atoms with Crippen molar-refractivity contribution in [3.05, 3.63) is 28.6 Å². The SMILES string of the molecule is CCCCCCCCCCOc1c(OC(C)=O)c(=O)oc2cccc(OC)c12. The number of carbonyl (C=O) groups is 1. The summed E-state index contributed by atoms with van der Waals surface area (Å²) in [5, 5.41) is 0.486. The Labute approximate surface area is 165 Å². The number of methoxy groups -OCH3 is 1. The molecule has 1 aromatic heterocycles. The zero-order chi connectivity index (χ0) is 20.4. The minimum Gasteiger partial charge on any atom is -0.496 e. The fourth-order valence-electron chi connectivity index (χ4n) is 3.12. The lowest BCUT2D eigenvalue weighted by Crippen LogP contribution is -2.14. The van der Waals surface area contributed by atoms with Crippen LogP contribution in [0.15, 0.2) is 27.4 Å². The van der Waals surface area contributed by atoms with E-state index in [0.29, 0.717) is 23.3 Å². The smallest absolute Gasteiger partial charge is 0.383 e. The van der Waals surface area contributed by atoms with E-state index in [4.69, 9.17) is 18.6 Å². The second kappa shape index (κ2) is 11.4. The molecule has 0 radical (unpaired) electrons. The Bertz CT molecular complexity index is 824. The molecule has 0 bridgehead atoms. The Morgan fingerprint density at radius 1 is 1.00 bits per heavy atom. The second-order valence-electron chi connectivity index (χ2n) is 6.80. The molecule has 0 spiro atoms. The first kappa shape index (κ1) is 21.8. The van der Waals surface area contributed by atoms with Gasteiger partial charge >= 0.3 is 11.6 Å². The third-order valence-corrected chi connectivity index (χ3v) is 4.52. The number of ether oxygens (including phenoxy) is 3. The van der Waals surface area contributed by atoms with E-state index < -0.39 is 11.6 Å². The summed E-state index contributed by atoms with van der Waals surface area (Å²) in [5.74, 6) is -0.162. The molecule has 0 aliphatic heterocycles. The van der Waals surface area contributed by atoms with Crippen LogP contribution in [0, 0.1) is 0 Å². The zero-order valence-corrected chi connectivity index (χ0v) is 17.0. The van der Waals surface area contributed by atoms with E-state index in [0.717, 1.165) is 19.3 Å². The van der Waals surface area contributed by atoms with E-state index in [1.165, 1.54) is 46.1 Å². The quantitative estimate of drug-likeness (QED) is 0.280. The fraction of sp³-hybridized carbons (Fsp3) is 0.545. The van der Waals surface area contributed by atoms with Gasteiger partial charge in [-0.05, 0) is 18.6 Å². The molecule has 1 aromatic carbocycles. The summed E-state index contributed by atoms with van der Waals surface area (Å²) < 4.78 is 21.6. The highest BCUT2D eigenvalue weighted by Crippen LogP contribution is 2.38. The van der Waals surface area contributed by atoms with E-state index in [1.54, 1.807) is 18.2 Å². The van der Waals surface area contributed by atoms with E-state index >= 15 is 0 Å². The largest absolute Gasteiger partial charge is 0.496 e. The number of benzene rings is 1. The van der Waals surface area contributed by atoms with Gasteiger partial charge in [-0.15, -0.1) is 0 Å². The molecule has 1 heterocycles. The van der Waals surface area contributed by atoms with Gasteiger partial charge in [0.25, 0.3) is 5.75 Å². The van der Waals surface area contributed by atoms with Crippen molar-refractivity contribution in [2.24, 2.45) is 0 Å². The molecule has 0 saturated heterocycles. The number of hydrogen-bond donors (Lipinski definition) is 0. The molecular formula is C22H30O6. The molecule has 0 N–H and O–H groups in total. The van der Waals surface area contributed by atoms with Gasteiger partial charge in [-0.2, -0.15) is 0 Å². The van der Waals surface area contributed by atoms with Gasteiger partial charge in [-0.3, -0.25) is 4.79 Å². The normalized spacial score (nSPS) is 10.8. The molecular weight excluding hydrogens is 360 g/mol. The molecule has 154 valence electrons. The van der Waals surface area contributed by atoms with E-state index in [9.17, 15) is 9.59 Å². The van der Waals surface area contributed by atoms with Crippen molar-refractivity contribution in [1.82, 2.24) is 0 Å². The lowest BCUT2D eigenvalue weighted by molar-refractivity contribution is -0.132. The monoisotopic (exact) mass is 390 g/mol. The van der Waals surface area contributed by atoms with Gasteiger partial charge in [0.2, 0.25) is 0 Å². The number of hydrogen-bond acceptors (Lipinski definition) is 6. The summed E-state index contributed by atoms with van der Waals surface area (Å²) in [5.41, 5.74) is -0.423. The lowest BCUT2D eigenvalue weighted by atomic mass is 10.1. The average Bonchev–Trinajstić information content (AvgIpc) is 2.67. The van der Waals surface area contributed by atoms with Crippen molar-refractivity contribution >= 4 is 16.9 Å². The van der Waals surface area contributed by atoms with Crippen molar-refractivity contribution in [3.8, 4) is 17.2 Å². The molecule has 0 saturated carbocycles. The Hall–Kier alpha value is -2.50. The molecule has 0 aliphatic rings. The van der Waals surface area contributed by atoms with Gasteiger partial charge in [0.1, 0.15) is 16.7 Å². The molecule has 28 heavy (non-hydrogen) atoms. The second-order valence-corrected chi connectivity index (χ2v) is 6.80. The maximum atomic E-state index is 12.3. The first-order valence-electron chi connectivity index (χ1n) is 10.0. The molecule has 0 atom stereocenters. The van der Waals surface area contributed by atoms with Gasteiger partial charge in [-0.1, -0.05) is 57.9 Å². The Balaban J connectivity index is 2.10. The van der Waals surface area contributed by atoms with Crippen LogP contribution in [-0.4, -0.2) is 19.7 Å². The maximum absolute atomic E-state index is 12.3. The van der Waals surface area contributed by atoms with Crippen molar-refractivity contribution in [3.63, 3.8) is 0 Å². The summed E-state index contributed by atoms with van der Waals surface area (Å²) in [4.78, 5) is 23.7. The summed E-state index contributed by atoms with van der Waals surface area (Å²) >= 11 is 0. The van der Waals surface area contributed by atoms with E-state index in [2.05, 4.69) is 6.92 Å². The minimum atomic E-state index is -0.748. The third kappa shape index (κ3) is 6.01. The van der Waals surface area contributed by atoms with Crippen LogP contribution in [0.3, 0.4) is 0 Å². The van der Waals surface area contributed by atoms with Crippen molar-refractivity contribution in [1.29, 1.82) is 0 Å². The molecule has 6 heteroatoms. The lowest BCUT2D eigenvalue weighted by Gasteiger charge is -2.14. The molecule has 0 aliphatic carbocycles. The molecule has 0 fully saturated rings. The zero-order valence-electron chi connectivity index (χ0n) is 17.0. The number of esters is 1. The predicted molar refractivity (Wildman–Crippen MR) is 108 cm³/mol. The molecule has 0 unspecified atom stereocenters. The van der Waals surface area contributed by atoms with Gasteiger partial charge in [0.05, 0.1) is 13.7 Å². The number of fused-ring (bicyclic) bond motifs is 1. The number of unbranched alkanes of at least 4 members (excludes halogenated alkanes) is 7. The Morgan fingerprint density at radius 3 is 2.32 bits per heavy atom. The summed E-state index contributed by atoms with van der Waals surface area (Å²) in [6, 6.07) is 5.11. The number of rotatable bonds is 12. The van der Waals surface area contributed by atoms with Crippen LogP contribution in [0.1, 0.15) is 65.2 Å². The molecule has 2 aromatic rings. The highest BCUT2D eigenvalue weighted by molar-refractivity contribution is 5.92. The average molecular weight is 390 g/mol. The summed E-state index contributed by atoms with van der Waals surface area (Å²) in [6.07, 6.45) is 9.40. The summed E-state index contributed by atoms with van der Waals surface area (Å²) in [7, 11) is 1.52. The van der Waals surface area contributed by atoms with Crippen LogP contribution in [0.4, 0.5) is 0 Å². The predicted octanol–water partition coefficient (Wildman–Crippen LogP) is 5.25. The van der Waals surface area contributed by atoms with Crippen LogP contribution < -0.4 is 19.8 Å². The highest BCUT2D eigenvalue weighted by atomic mass is 16.6. The van der Waals surface area contributed by atoms with Crippen LogP contribution in [-0.2, 0) is 4.79 Å². The van der Waals surface area contributed by atoms with Crippen LogP contribution in [0.5, 0.6) is 17.2 Å².